The summed E-state index contributed by atoms with van der Waals surface area (Å²) in [5, 5.41) is 17.5. The van der Waals surface area contributed by atoms with Crippen molar-refractivity contribution in [1.29, 1.82) is 0 Å². The third-order valence-electron chi connectivity index (χ3n) is 4.76. The van der Waals surface area contributed by atoms with Crippen molar-refractivity contribution in [2.45, 2.75) is 51.3 Å². The predicted octanol–water partition coefficient (Wildman–Crippen LogP) is 0.351. The van der Waals surface area contributed by atoms with E-state index in [1.807, 2.05) is 13.8 Å². The number of likely N-dealkylation sites (tertiary alicyclic amines) is 2. The van der Waals surface area contributed by atoms with Crippen molar-refractivity contribution in [3.05, 3.63) is 12.3 Å². The lowest BCUT2D eigenvalue weighted by Crippen LogP contribution is -2.74. The topological polar surface area (TPSA) is 99.8 Å². The zero-order chi connectivity index (χ0) is 16.8. The van der Waals surface area contributed by atoms with Gasteiger partial charge in [0.2, 0.25) is 18.2 Å². The van der Waals surface area contributed by atoms with E-state index in [9.17, 15) is 14.7 Å². The number of aliphatic hydroxyl groups is 1. The highest BCUT2D eigenvalue weighted by Gasteiger charge is 2.62. The molecular weight excluding hydrogens is 300 g/mol. The summed E-state index contributed by atoms with van der Waals surface area (Å²) >= 11 is 0. The standard InChI is InChI=1S/C15H22N4O4/c1-9(2)13(21)19-6-4-5-15(19)7-18(14(15)22)11(10(3)20)12-17-16-8-23-12/h8-11,20H,4-7H2,1-3H3/t10-,11?,15?/m1/s1. The summed E-state index contributed by atoms with van der Waals surface area (Å²) in [4.78, 5) is 28.5. The fraction of sp³-hybridized carbons (Fsp3) is 0.733. The number of carbonyl (C=O) groups is 2. The molecule has 2 unspecified atom stereocenters. The molecule has 0 bridgehead atoms. The van der Waals surface area contributed by atoms with E-state index in [0.29, 0.717) is 19.5 Å². The van der Waals surface area contributed by atoms with Crippen LogP contribution in [0, 0.1) is 5.92 Å². The maximum Gasteiger partial charge on any atom is 0.251 e. The second-order valence-corrected chi connectivity index (χ2v) is 6.68. The molecular formula is C15H22N4O4. The van der Waals surface area contributed by atoms with E-state index in [-0.39, 0.29) is 23.6 Å². The third kappa shape index (κ3) is 2.32. The van der Waals surface area contributed by atoms with Crippen LogP contribution in [0.3, 0.4) is 0 Å². The summed E-state index contributed by atoms with van der Waals surface area (Å²) in [6.45, 7) is 6.26. The molecule has 0 aliphatic carbocycles. The average Bonchev–Trinajstić information content (AvgIpc) is 3.16. The molecule has 8 heteroatoms. The van der Waals surface area contributed by atoms with Gasteiger partial charge in [0.1, 0.15) is 11.6 Å². The van der Waals surface area contributed by atoms with E-state index in [2.05, 4.69) is 10.2 Å². The molecule has 23 heavy (non-hydrogen) atoms. The summed E-state index contributed by atoms with van der Waals surface area (Å²) in [5.74, 6) is -0.0757. The fourth-order valence-electron chi connectivity index (χ4n) is 3.63. The third-order valence-corrected chi connectivity index (χ3v) is 4.76. The van der Waals surface area contributed by atoms with Crippen LogP contribution in [0.15, 0.2) is 10.8 Å². The molecule has 0 radical (unpaired) electrons. The average molecular weight is 322 g/mol. The van der Waals surface area contributed by atoms with Crippen LogP contribution in [0.5, 0.6) is 0 Å². The molecule has 2 amide bonds. The van der Waals surface area contributed by atoms with Gasteiger partial charge in [-0.05, 0) is 19.8 Å². The van der Waals surface area contributed by atoms with Crippen LogP contribution in [0.1, 0.15) is 45.5 Å². The minimum absolute atomic E-state index is 0.00175. The fourth-order valence-corrected chi connectivity index (χ4v) is 3.63. The van der Waals surface area contributed by atoms with E-state index < -0.39 is 17.7 Å². The van der Waals surface area contributed by atoms with Crippen LogP contribution in [0.4, 0.5) is 0 Å². The van der Waals surface area contributed by atoms with Crippen molar-refractivity contribution < 1.29 is 19.1 Å². The highest BCUT2D eigenvalue weighted by Crippen LogP contribution is 2.43. The van der Waals surface area contributed by atoms with Gasteiger partial charge in [-0.25, -0.2) is 0 Å². The molecule has 1 spiro atoms. The first kappa shape index (κ1) is 15.9. The Bertz CT molecular complexity index is 601. The quantitative estimate of drug-likeness (QED) is 0.803. The largest absolute Gasteiger partial charge is 0.426 e. The maximum absolute atomic E-state index is 12.9. The van der Waals surface area contributed by atoms with E-state index in [4.69, 9.17) is 4.42 Å². The van der Waals surface area contributed by atoms with Crippen LogP contribution < -0.4 is 0 Å². The molecule has 1 aromatic rings. The minimum atomic E-state index is -0.840. The van der Waals surface area contributed by atoms with Gasteiger partial charge in [0, 0.05) is 12.5 Å². The zero-order valence-corrected chi connectivity index (χ0v) is 13.6. The van der Waals surface area contributed by atoms with Crippen LogP contribution in [-0.2, 0) is 9.59 Å². The Kier molecular flexibility index (Phi) is 3.87. The lowest BCUT2D eigenvalue weighted by Gasteiger charge is -2.53. The van der Waals surface area contributed by atoms with Crippen LogP contribution >= 0.6 is 0 Å². The lowest BCUT2D eigenvalue weighted by atomic mass is 9.83. The molecule has 1 aromatic heterocycles. The molecule has 1 N–H and O–H groups in total. The molecule has 0 aromatic carbocycles. The summed E-state index contributed by atoms with van der Waals surface area (Å²) in [5.41, 5.74) is -0.755. The highest BCUT2D eigenvalue weighted by molar-refractivity contribution is 5.97. The van der Waals surface area contributed by atoms with E-state index in [1.165, 1.54) is 11.3 Å². The Morgan fingerprint density at radius 2 is 2.17 bits per heavy atom. The predicted molar refractivity (Wildman–Crippen MR) is 78.9 cm³/mol. The molecule has 126 valence electrons. The SMILES string of the molecule is CC(C)C(=O)N1CCCC12CN(C(c1nnco1)[C@@H](C)O)C2=O. The van der Waals surface area contributed by atoms with Crippen LogP contribution in [-0.4, -0.2) is 61.7 Å². The molecule has 3 atom stereocenters. The van der Waals surface area contributed by atoms with Gasteiger partial charge in [-0.3, -0.25) is 9.59 Å². The van der Waals surface area contributed by atoms with Crippen molar-refractivity contribution in [1.82, 2.24) is 20.0 Å². The van der Waals surface area contributed by atoms with Gasteiger partial charge in [0.15, 0.2) is 0 Å². The van der Waals surface area contributed by atoms with Gasteiger partial charge in [-0.2, -0.15) is 0 Å². The second kappa shape index (κ2) is 5.59. The number of carbonyl (C=O) groups excluding carboxylic acids is 2. The van der Waals surface area contributed by atoms with Gasteiger partial charge >= 0.3 is 0 Å². The zero-order valence-electron chi connectivity index (χ0n) is 13.6. The summed E-state index contributed by atoms with van der Waals surface area (Å²) < 4.78 is 5.17. The van der Waals surface area contributed by atoms with Gasteiger partial charge in [-0.15, -0.1) is 10.2 Å². The minimum Gasteiger partial charge on any atom is -0.426 e. The monoisotopic (exact) mass is 322 g/mol. The smallest absolute Gasteiger partial charge is 0.251 e. The van der Waals surface area contributed by atoms with E-state index in [1.54, 1.807) is 11.8 Å². The number of rotatable bonds is 4. The Hall–Kier alpha value is -1.96. The second-order valence-electron chi connectivity index (χ2n) is 6.68. The first-order valence-corrected chi connectivity index (χ1v) is 7.95. The molecule has 3 heterocycles. The first-order valence-electron chi connectivity index (χ1n) is 7.95. The normalized spacial score (nSPS) is 26.7. The number of aliphatic hydroxyl groups excluding tert-OH is 1. The van der Waals surface area contributed by atoms with Crippen molar-refractivity contribution >= 4 is 11.8 Å². The molecule has 2 fully saturated rings. The van der Waals surface area contributed by atoms with Gasteiger partial charge < -0.3 is 19.3 Å². The number of β-lactam (4-membered cyclic amide) rings is 1. The van der Waals surface area contributed by atoms with E-state index >= 15 is 0 Å². The Balaban J connectivity index is 1.83. The van der Waals surface area contributed by atoms with Crippen molar-refractivity contribution in [3.8, 4) is 0 Å². The van der Waals surface area contributed by atoms with Gasteiger partial charge in [0.05, 0.1) is 12.6 Å². The van der Waals surface area contributed by atoms with Crippen molar-refractivity contribution in [2.24, 2.45) is 5.92 Å². The number of nitrogens with zero attached hydrogens (tertiary/aromatic N) is 4. The summed E-state index contributed by atoms with van der Waals surface area (Å²) in [7, 11) is 0. The lowest BCUT2D eigenvalue weighted by molar-refractivity contribution is -0.176. The number of amides is 2. The van der Waals surface area contributed by atoms with Crippen LogP contribution in [0.2, 0.25) is 0 Å². The highest BCUT2D eigenvalue weighted by atomic mass is 16.4. The van der Waals surface area contributed by atoms with E-state index in [0.717, 1.165) is 6.42 Å². The van der Waals surface area contributed by atoms with Crippen molar-refractivity contribution in [2.75, 3.05) is 13.1 Å². The Labute approximate surface area is 134 Å². The van der Waals surface area contributed by atoms with Crippen molar-refractivity contribution in [3.63, 3.8) is 0 Å². The molecule has 2 aliphatic heterocycles. The Morgan fingerprint density at radius 3 is 2.70 bits per heavy atom. The summed E-state index contributed by atoms with van der Waals surface area (Å²) in [6, 6.07) is -0.674. The first-order chi connectivity index (χ1) is 10.9. The van der Waals surface area contributed by atoms with Gasteiger partial charge in [-0.1, -0.05) is 13.8 Å². The number of aromatic nitrogens is 2. The number of hydrogen-bond donors (Lipinski definition) is 1. The molecule has 3 rings (SSSR count). The van der Waals surface area contributed by atoms with Gasteiger partial charge in [0.25, 0.3) is 5.91 Å². The van der Waals surface area contributed by atoms with Crippen LogP contribution in [0.25, 0.3) is 0 Å². The molecule has 0 saturated carbocycles. The Morgan fingerprint density at radius 1 is 1.43 bits per heavy atom. The number of hydrogen-bond acceptors (Lipinski definition) is 6. The maximum atomic E-state index is 12.9. The molecule has 2 saturated heterocycles. The molecule has 2 aliphatic rings. The molecule has 8 nitrogen and oxygen atoms in total. The summed E-state index contributed by atoms with van der Waals surface area (Å²) in [6.07, 6.45) is 1.82.